The zero-order chi connectivity index (χ0) is 15.3. The highest BCUT2D eigenvalue weighted by molar-refractivity contribution is 8.00. The SMILES string of the molecule is COC(=O)c1ccc(CN2CCC(C#N)(SC)CC2)nc1. The number of likely N-dealkylation sites (tertiary alicyclic amines) is 1. The highest BCUT2D eigenvalue weighted by Crippen LogP contribution is 2.34. The van der Waals surface area contributed by atoms with Crippen LogP contribution in [0.1, 0.15) is 28.9 Å². The Labute approximate surface area is 129 Å². The minimum atomic E-state index is -0.370. The summed E-state index contributed by atoms with van der Waals surface area (Å²) in [5.74, 6) is -0.370. The van der Waals surface area contributed by atoms with E-state index in [0.29, 0.717) is 5.56 Å². The van der Waals surface area contributed by atoms with Gasteiger partial charge in [-0.2, -0.15) is 5.26 Å². The summed E-state index contributed by atoms with van der Waals surface area (Å²) in [5.41, 5.74) is 1.39. The van der Waals surface area contributed by atoms with E-state index in [1.54, 1.807) is 24.0 Å². The molecule has 2 rings (SSSR count). The molecule has 0 bridgehead atoms. The number of carbonyl (C=O) groups is 1. The van der Waals surface area contributed by atoms with Crippen molar-refractivity contribution in [3.05, 3.63) is 29.6 Å². The predicted molar refractivity (Wildman–Crippen MR) is 81.9 cm³/mol. The minimum Gasteiger partial charge on any atom is -0.465 e. The second kappa shape index (κ2) is 6.92. The third-order valence-corrected chi connectivity index (χ3v) is 5.17. The number of hydrogen-bond donors (Lipinski definition) is 0. The first-order chi connectivity index (χ1) is 10.1. The lowest BCUT2D eigenvalue weighted by Gasteiger charge is -2.35. The molecule has 0 N–H and O–H groups in total. The molecular weight excluding hydrogens is 286 g/mol. The largest absolute Gasteiger partial charge is 0.465 e. The molecule has 6 heteroatoms. The molecule has 1 saturated heterocycles. The highest BCUT2D eigenvalue weighted by atomic mass is 32.2. The Bertz CT molecular complexity index is 531. The minimum absolute atomic E-state index is 0.224. The van der Waals surface area contributed by atoms with E-state index in [4.69, 9.17) is 0 Å². The van der Waals surface area contributed by atoms with Crippen LogP contribution in [0.15, 0.2) is 18.3 Å². The van der Waals surface area contributed by atoms with Gasteiger partial charge in [0.2, 0.25) is 0 Å². The van der Waals surface area contributed by atoms with Crippen LogP contribution in [0.25, 0.3) is 0 Å². The third kappa shape index (κ3) is 3.74. The van der Waals surface area contributed by atoms with Gasteiger partial charge in [0.15, 0.2) is 0 Å². The van der Waals surface area contributed by atoms with E-state index in [0.717, 1.165) is 38.2 Å². The van der Waals surface area contributed by atoms with Crippen LogP contribution in [0, 0.1) is 11.3 Å². The Balaban J connectivity index is 1.92. The summed E-state index contributed by atoms with van der Waals surface area (Å²) in [4.78, 5) is 18.0. The first-order valence-corrected chi connectivity index (χ1v) is 8.07. The predicted octanol–water partition coefficient (Wildman–Crippen LogP) is 2.09. The molecule has 0 amide bonds. The number of ether oxygens (including phenoxy) is 1. The zero-order valence-electron chi connectivity index (χ0n) is 12.3. The lowest BCUT2D eigenvalue weighted by atomic mass is 9.97. The van der Waals surface area contributed by atoms with Crippen LogP contribution in [0.5, 0.6) is 0 Å². The molecule has 21 heavy (non-hydrogen) atoms. The smallest absolute Gasteiger partial charge is 0.339 e. The van der Waals surface area contributed by atoms with Gasteiger partial charge < -0.3 is 4.74 Å². The summed E-state index contributed by atoms with van der Waals surface area (Å²) in [5, 5.41) is 9.28. The molecule has 2 heterocycles. The molecule has 0 aromatic carbocycles. The standard InChI is InChI=1S/C15H19N3O2S/c1-20-14(19)12-3-4-13(17-9-12)10-18-7-5-15(11-16,21-2)6-8-18/h3-4,9H,5-8,10H2,1-2H3. The topological polar surface area (TPSA) is 66.2 Å². The number of rotatable bonds is 4. The number of nitriles is 1. The normalized spacial score (nSPS) is 18.0. The summed E-state index contributed by atoms with van der Waals surface area (Å²) in [6, 6.07) is 6.04. The van der Waals surface area contributed by atoms with E-state index in [1.807, 2.05) is 12.3 Å². The second-order valence-corrected chi connectivity index (χ2v) is 6.31. The van der Waals surface area contributed by atoms with E-state index in [1.165, 1.54) is 7.11 Å². The Kier molecular flexibility index (Phi) is 5.21. The van der Waals surface area contributed by atoms with Crippen molar-refractivity contribution in [3.63, 3.8) is 0 Å². The number of hydrogen-bond acceptors (Lipinski definition) is 6. The molecule has 0 radical (unpaired) electrons. The van der Waals surface area contributed by atoms with Crippen LogP contribution < -0.4 is 0 Å². The maximum atomic E-state index is 11.3. The van der Waals surface area contributed by atoms with E-state index in [9.17, 15) is 10.1 Å². The van der Waals surface area contributed by atoms with Gasteiger partial charge in [-0.1, -0.05) is 0 Å². The van der Waals surface area contributed by atoms with Crippen LogP contribution in [0.2, 0.25) is 0 Å². The van der Waals surface area contributed by atoms with Crippen molar-refractivity contribution in [2.24, 2.45) is 0 Å². The van der Waals surface area contributed by atoms with Gasteiger partial charge in [-0.15, -0.1) is 11.8 Å². The maximum absolute atomic E-state index is 11.3. The number of nitrogens with zero attached hydrogens (tertiary/aromatic N) is 3. The fourth-order valence-electron chi connectivity index (χ4n) is 2.42. The molecule has 0 spiro atoms. The molecule has 0 aliphatic carbocycles. The molecule has 1 aromatic rings. The van der Waals surface area contributed by atoms with Gasteiger partial charge in [-0.05, 0) is 31.2 Å². The van der Waals surface area contributed by atoms with Crippen molar-refractivity contribution in [1.82, 2.24) is 9.88 Å². The van der Waals surface area contributed by atoms with Gasteiger partial charge in [0.1, 0.15) is 4.75 Å². The quantitative estimate of drug-likeness (QED) is 0.794. The molecule has 0 saturated carbocycles. The molecule has 1 aliphatic heterocycles. The van der Waals surface area contributed by atoms with Gasteiger partial charge in [0.25, 0.3) is 0 Å². The number of methoxy groups -OCH3 is 1. The average Bonchev–Trinajstić information content (AvgIpc) is 2.56. The molecule has 0 atom stereocenters. The summed E-state index contributed by atoms with van der Waals surface area (Å²) in [6.07, 6.45) is 5.31. The number of piperidine rings is 1. The molecule has 1 aliphatic rings. The van der Waals surface area contributed by atoms with Crippen LogP contribution in [0.3, 0.4) is 0 Å². The summed E-state index contributed by atoms with van der Waals surface area (Å²) in [6.45, 7) is 2.54. The Morgan fingerprint density at radius 2 is 2.24 bits per heavy atom. The maximum Gasteiger partial charge on any atom is 0.339 e. The zero-order valence-corrected chi connectivity index (χ0v) is 13.2. The monoisotopic (exact) mass is 305 g/mol. The van der Waals surface area contributed by atoms with E-state index < -0.39 is 0 Å². The fourth-order valence-corrected chi connectivity index (χ4v) is 3.10. The number of carbonyl (C=O) groups excluding carboxylic acids is 1. The van der Waals surface area contributed by atoms with Crippen LogP contribution in [-0.4, -0.2) is 47.1 Å². The summed E-state index contributed by atoms with van der Waals surface area (Å²) in [7, 11) is 1.36. The van der Waals surface area contributed by atoms with Crippen molar-refractivity contribution < 1.29 is 9.53 Å². The Hall–Kier alpha value is -1.58. The number of esters is 1. The molecule has 5 nitrogen and oxygen atoms in total. The number of thioether (sulfide) groups is 1. The molecule has 1 aromatic heterocycles. The van der Waals surface area contributed by atoms with Crippen molar-refractivity contribution in [3.8, 4) is 6.07 Å². The van der Waals surface area contributed by atoms with Gasteiger partial charge >= 0.3 is 5.97 Å². The lowest BCUT2D eigenvalue weighted by molar-refractivity contribution is 0.0600. The van der Waals surface area contributed by atoms with Gasteiger partial charge in [0, 0.05) is 25.8 Å². The van der Waals surface area contributed by atoms with Crippen molar-refractivity contribution in [1.29, 1.82) is 5.26 Å². The van der Waals surface area contributed by atoms with Gasteiger partial charge in [-0.25, -0.2) is 4.79 Å². The van der Waals surface area contributed by atoms with Crippen LogP contribution >= 0.6 is 11.8 Å². The fraction of sp³-hybridized carbons (Fsp3) is 0.533. The van der Waals surface area contributed by atoms with Gasteiger partial charge in [0.05, 0.1) is 24.4 Å². The third-order valence-electron chi connectivity index (χ3n) is 3.89. The highest BCUT2D eigenvalue weighted by Gasteiger charge is 2.33. The van der Waals surface area contributed by atoms with Crippen LogP contribution in [-0.2, 0) is 11.3 Å². The van der Waals surface area contributed by atoms with Crippen molar-refractivity contribution >= 4 is 17.7 Å². The van der Waals surface area contributed by atoms with E-state index >= 15 is 0 Å². The lowest BCUT2D eigenvalue weighted by Crippen LogP contribution is -2.41. The Morgan fingerprint density at radius 1 is 1.52 bits per heavy atom. The van der Waals surface area contributed by atoms with Crippen molar-refractivity contribution in [2.45, 2.75) is 24.1 Å². The first kappa shape index (κ1) is 15.8. The molecular formula is C15H19N3O2S. The molecule has 1 fully saturated rings. The van der Waals surface area contributed by atoms with E-state index in [-0.39, 0.29) is 10.7 Å². The summed E-state index contributed by atoms with van der Waals surface area (Å²) >= 11 is 1.65. The second-order valence-electron chi connectivity index (χ2n) is 5.12. The summed E-state index contributed by atoms with van der Waals surface area (Å²) < 4.78 is 4.43. The average molecular weight is 305 g/mol. The first-order valence-electron chi connectivity index (χ1n) is 6.84. The van der Waals surface area contributed by atoms with Gasteiger partial charge in [-0.3, -0.25) is 9.88 Å². The van der Waals surface area contributed by atoms with Crippen LogP contribution in [0.4, 0.5) is 0 Å². The van der Waals surface area contributed by atoms with E-state index in [2.05, 4.69) is 20.7 Å². The molecule has 112 valence electrons. The number of aromatic nitrogens is 1. The Morgan fingerprint density at radius 3 is 2.71 bits per heavy atom. The van der Waals surface area contributed by atoms with Crippen molar-refractivity contribution in [2.75, 3.05) is 26.5 Å². The molecule has 0 unspecified atom stereocenters. The number of pyridine rings is 1.